The summed E-state index contributed by atoms with van der Waals surface area (Å²) in [6, 6.07) is 6.36. The van der Waals surface area contributed by atoms with Crippen LogP contribution >= 0.6 is 0 Å². The summed E-state index contributed by atoms with van der Waals surface area (Å²) in [5.74, 6) is 2.56. The molecule has 1 saturated heterocycles. The smallest absolute Gasteiger partial charge is 0.231 e. The zero-order chi connectivity index (χ0) is 16.5. The molecule has 1 N–H and O–H groups in total. The van der Waals surface area contributed by atoms with Crippen LogP contribution in [0.25, 0.3) is 0 Å². The second kappa shape index (κ2) is 6.63. The highest BCUT2D eigenvalue weighted by Gasteiger charge is 2.33. The highest BCUT2D eigenvalue weighted by atomic mass is 16.7. The fourth-order valence-electron chi connectivity index (χ4n) is 3.80. The molecule has 2 heterocycles. The first kappa shape index (κ1) is 15.8. The Morgan fingerprint density at radius 1 is 1.25 bits per heavy atom. The Morgan fingerprint density at radius 2 is 2.00 bits per heavy atom. The van der Waals surface area contributed by atoms with Crippen LogP contribution < -0.4 is 14.8 Å². The van der Waals surface area contributed by atoms with E-state index in [0.717, 1.165) is 24.6 Å². The van der Waals surface area contributed by atoms with Crippen molar-refractivity contribution in [3.63, 3.8) is 0 Å². The fraction of sp³-hybridized carbons (Fsp3) is 0.632. The van der Waals surface area contributed by atoms with Crippen LogP contribution in [0.1, 0.15) is 44.2 Å². The second-order valence-corrected chi connectivity index (χ2v) is 7.24. The Hall–Kier alpha value is -1.75. The number of hydrogen-bond acceptors (Lipinski definition) is 4. The first-order valence-electron chi connectivity index (χ1n) is 9.13. The number of likely N-dealkylation sites (tertiary alicyclic amines) is 1. The number of ether oxygens (including phenoxy) is 2. The van der Waals surface area contributed by atoms with E-state index < -0.39 is 0 Å². The highest BCUT2D eigenvalue weighted by molar-refractivity contribution is 5.79. The number of nitrogens with zero attached hydrogens (tertiary/aromatic N) is 1. The molecule has 130 valence electrons. The van der Waals surface area contributed by atoms with Gasteiger partial charge in [0.15, 0.2) is 11.5 Å². The predicted octanol–water partition coefficient (Wildman–Crippen LogP) is 2.71. The maximum atomic E-state index is 12.4. The van der Waals surface area contributed by atoms with Gasteiger partial charge in [-0.15, -0.1) is 0 Å². The molecule has 1 amide bonds. The third-order valence-electron chi connectivity index (χ3n) is 5.58. The lowest BCUT2D eigenvalue weighted by atomic mass is 10.0. The second-order valence-electron chi connectivity index (χ2n) is 7.24. The van der Waals surface area contributed by atoms with Crippen molar-refractivity contribution < 1.29 is 14.3 Å². The van der Waals surface area contributed by atoms with Gasteiger partial charge in [-0.2, -0.15) is 0 Å². The topological polar surface area (TPSA) is 50.8 Å². The molecule has 4 rings (SSSR count). The monoisotopic (exact) mass is 330 g/mol. The number of carbonyl (C=O) groups excluding carboxylic acids is 1. The normalized spacial score (nSPS) is 22.4. The van der Waals surface area contributed by atoms with Gasteiger partial charge < -0.3 is 14.8 Å². The summed E-state index contributed by atoms with van der Waals surface area (Å²) in [5.41, 5.74) is 1.19. The van der Waals surface area contributed by atoms with Gasteiger partial charge in [0.05, 0.1) is 6.04 Å². The van der Waals surface area contributed by atoms with E-state index in [-0.39, 0.29) is 17.9 Å². The van der Waals surface area contributed by atoms with Crippen LogP contribution in [-0.2, 0) is 4.79 Å². The zero-order valence-corrected chi connectivity index (χ0v) is 14.3. The molecule has 2 unspecified atom stereocenters. The third-order valence-corrected chi connectivity index (χ3v) is 5.58. The average molecular weight is 330 g/mol. The van der Waals surface area contributed by atoms with Gasteiger partial charge in [0.2, 0.25) is 12.7 Å². The minimum Gasteiger partial charge on any atom is -0.454 e. The first-order chi connectivity index (χ1) is 11.7. The quantitative estimate of drug-likeness (QED) is 0.871. The molecule has 1 aromatic rings. The number of rotatable bonds is 6. The van der Waals surface area contributed by atoms with Crippen LogP contribution in [0.5, 0.6) is 11.5 Å². The van der Waals surface area contributed by atoms with E-state index in [4.69, 9.17) is 9.47 Å². The van der Waals surface area contributed by atoms with Gasteiger partial charge in [-0.05, 0) is 62.4 Å². The summed E-state index contributed by atoms with van der Waals surface area (Å²) in [6.07, 6.45) is 4.86. The van der Waals surface area contributed by atoms with Crippen LogP contribution in [0, 0.1) is 11.8 Å². The summed E-state index contributed by atoms with van der Waals surface area (Å²) in [7, 11) is 0. The highest BCUT2D eigenvalue weighted by Crippen LogP contribution is 2.37. The van der Waals surface area contributed by atoms with Crippen molar-refractivity contribution in [1.29, 1.82) is 0 Å². The van der Waals surface area contributed by atoms with Crippen LogP contribution in [-0.4, -0.2) is 37.2 Å². The van der Waals surface area contributed by atoms with Crippen LogP contribution in [0.15, 0.2) is 18.2 Å². The summed E-state index contributed by atoms with van der Waals surface area (Å²) in [6.45, 7) is 5.19. The number of hydrogen-bond donors (Lipinski definition) is 1. The molecule has 0 aromatic heterocycles. The molecule has 0 bridgehead atoms. The standard InChI is InChI=1S/C19H26N2O3/c1-13(14-4-5-14)19(22)20-11-16(21-8-2-3-9-21)15-6-7-17-18(10-15)24-12-23-17/h6-7,10,13-14,16H,2-5,8-9,11-12H2,1H3,(H,20,22). The van der Waals surface area contributed by atoms with Gasteiger partial charge in [0.1, 0.15) is 0 Å². The molecule has 1 aromatic carbocycles. The van der Waals surface area contributed by atoms with E-state index in [1.54, 1.807) is 0 Å². The van der Waals surface area contributed by atoms with Crippen molar-refractivity contribution in [1.82, 2.24) is 10.2 Å². The fourth-order valence-corrected chi connectivity index (χ4v) is 3.80. The Kier molecular flexibility index (Phi) is 4.35. The zero-order valence-electron chi connectivity index (χ0n) is 14.3. The van der Waals surface area contributed by atoms with E-state index in [9.17, 15) is 4.79 Å². The van der Waals surface area contributed by atoms with Crippen molar-refractivity contribution in [3.8, 4) is 11.5 Å². The summed E-state index contributed by atoms with van der Waals surface area (Å²) >= 11 is 0. The third kappa shape index (κ3) is 3.22. The number of fused-ring (bicyclic) bond motifs is 1. The van der Waals surface area contributed by atoms with Crippen molar-refractivity contribution >= 4 is 5.91 Å². The molecule has 24 heavy (non-hydrogen) atoms. The molecule has 5 heteroatoms. The Balaban J connectivity index is 1.47. The van der Waals surface area contributed by atoms with E-state index in [1.807, 2.05) is 6.07 Å². The first-order valence-corrected chi connectivity index (χ1v) is 9.13. The molecule has 1 saturated carbocycles. The SMILES string of the molecule is CC(C(=O)NCC(c1ccc2c(c1)OCO2)N1CCCC1)C1CC1. The minimum atomic E-state index is 0.140. The molecule has 2 fully saturated rings. The van der Waals surface area contributed by atoms with Gasteiger partial charge in [0, 0.05) is 12.5 Å². The Labute approximate surface area is 143 Å². The van der Waals surface area contributed by atoms with E-state index >= 15 is 0 Å². The van der Waals surface area contributed by atoms with Crippen LogP contribution in [0.2, 0.25) is 0 Å². The number of benzene rings is 1. The maximum absolute atomic E-state index is 12.4. The lowest BCUT2D eigenvalue weighted by Gasteiger charge is -2.29. The maximum Gasteiger partial charge on any atom is 0.231 e. The van der Waals surface area contributed by atoms with Gasteiger partial charge in [-0.25, -0.2) is 0 Å². The Bertz CT molecular complexity index is 609. The minimum absolute atomic E-state index is 0.140. The van der Waals surface area contributed by atoms with Crippen molar-refractivity contribution in [2.75, 3.05) is 26.4 Å². The van der Waals surface area contributed by atoms with Crippen molar-refractivity contribution in [2.24, 2.45) is 11.8 Å². The Morgan fingerprint density at radius 3 is 2.75 bits per heavy atom. The van der Waals surface area contributed by atoms with Gasteiger partial charge >= 0.3 is 0 Å². The molecule has 3 aliphatic rings. The van der Waals surface area contributed by atoms with Crippen molar-refractivity contribution in [2.45, 2.75) is 38.6 Å². The van der Waals surface area contributed by atoms with E-state index in [2.05, 4.69) is 29.3 Å². The number of nitrogens with one attached hydrogen (secondary N) is 1. The predicted molar refractivity (Wildman–Crippen MR) is 91.0 cm³/mol. The van der Waals surface area contributed by atoms with Gasteiger partial charge in [0.25, 0.3) is 0 Å². The summed E-state index contributed by atoms with van der Waals surface area (Å²) < 4.78 is 10.9. The number of amides is 1. The van der Waals surface area contributed by atoms with Gasteiger partial charge in [-0.3, -0.25) is 9.69 Å². The molecule has 2 aliphatic heterocycles. The number of carbonyl (C=O) groups is 1. The molecule has 0 spiro atoms. The lowest BCUT2D eigenvalue weighted by Crippen LogP contribution is -2.39. The van der Waals surface area contributed by atoms with Crippen LogP contribution in [0.4, 0.5) is 0 Å². The molecule has 5 nitrogen and oxygen atoms in total. The van der Waals surface area contributed by atoms with Crippen molar-refractivity contribution in [3.05, 3.63) is 23.8 Å². The molecule has 0 radical (unpaired) electrons. The van der Waals surface area contributed by atoms with E-state index in [1.165, 1.54) is 31.2 Å². The largest absolute Gasteiger partial charge is 0.454 e. The lowest BCUT2D eigenvalue weighted by molar-refractivity contribution is -0.125. The van der Waals surface area contributed by atoms with Crippen LogP contribution in [0.3, 0.4) is 0 Å². The molecule has 1 aliphatic carbocycles. The van der Waals surface area contributed by atoms with E-state index in [0.29, 0.717) is 19.3 Å². The summed E-state index contributed by atoms with van der Waals surface area (Å²) in [4.78, 5) is 14.9. The molecular weight excluding hydrogens is 304 g/mol. The molecular formula is C19H26N2O3. The average Bonchev–Trinajstić information content (AvgIpc) is 3.10. The molecule has 2 atom stereocenters. The summed E-state index contributed by atoms with van der Waals surface area (Å²) in [5, 5.41) is 3.19. The van der Waals surface area contributed by atoms with Gasteiger partial charge in [-0.1, -0.05) is 13.0 Å².